The summed E-state index contributed by atoms with van der Waals surface area (Å²) in [5, 5.41) is 0. The summed E-state index contributed by atoms with van der Waals surface area (Å²) in [6, 6.07) is 1.11. The Balaban J connectivity index is 2.13. The van der Waals surface area contributed by atoms with E-state index >= 15 is 0 Å². The van der Waals surface area contributed by atoms with Gasteiger partial charge in [0.15, 0.2) is 5.78 Å². The molecule has 0 saturated heterocycles. The van der Waals surface area contributed by atoms with Crippen LogP contribution in [0.4, 0.5) is 13.2 Å². The summed E-state index contributed by atoms with van der Waals surface area (Å²) in [7, 11) is 0. The minimum absolute atomic E-state index is 0.152. The maximum Gasteiger partial charge on any atom is 0.169 e. The maximum atomic E-state index is 13.4. The highest BCUT2D eigenvalue weighted by molar-refractivity contribution is 5.96. The lowest BCUT2D eigenvalue weighted by molar-refractivity contribution is 0.0941. The fraction of sp³-hybridized carbons (Fsp3) is 0.500. The highest BCUT2D eigenvalue weighted by Crippen LogP contribution is 2.28. The number of carbonyl (C=O) groups is 1. The van der Waals surface area contributed by atoms with Gasteiger partial charge in [0.1, 0.15) is 17.5 Å². The van der Waals surface area contributed by atoms with Crippen LogP contribution in [0.2, 0.25) is 0 Å². The van der Waals surface area contributed by atoms with E-state index in [4.69, 9.17) is 0 Å². The Hall–Kier alpha value is -1.32. The van der Waals surface area contributed by atoms with E-state index in [-0.39, 0.29) is 12.3 Å². The minimum Gasteiger partial charge on any atom is -0.294 e. The van der Waals surface area contributed by atoms with Crippen molar-refractivity contribution in [1.82, 2.24) is 0 Å². The molecule has 0 unspecified atom stereocenters. The van der Waals surface area contributed by atoms with Crippen molar-refractivity contribution in [2.45, 2.75) is 38.5 Å². The van der Waals surface area contributed by atoms with Gasteiger partial charge in [0.25, 0.3) is 0 Å². The first-order valence-corrected chi connectivity index (χ1v) is 6.25. The number of ketones is 1. The van der Waals surface area contributed by atoms with E-state index in [1.807, 2.05) is 0 Å². The quantitative estimate of drug-likeness (QED) is 0.738. The van der Waals surface area contributed by atoms with E-state index in [1.165, 1.54) is 0 Å². The summed E-state index contributed by atoms with van der Waals surface area (Å²) < 4.78 is 39.6. The van der Waals surface area contributed by atoms with Crippen molar-refractivity contribution >= 4 is 5.78 Å². The average Bonchev–Trinajstić information content (AvgIpc) is 2.28. The van der Waals surface area contributed by atoms with E-state index < -0.39 is 28.8 Å². The van der Waals surface area contributed by atoms with Gasteiger partial charge in [-0.2, -0.15) is 0 Å². The van der Waals surface area contributed by atoms with Crippen LogP contribution >= 0.6 is 0 Å². The summed E-state index contributed by atoms with van der Waals surface area (Å²) in [6.07, 6.45) is 5.29. The second-order valence-electron chi connectivity index (χ2n) is 4.88. The molecule has 0 spiro atoms. The molecule has 1 fully saturated rings. The highest BCUT2D eigenvalue weighted by Gasteiger charge is 2.23. The van der Waals surface area contributed by atoms with Crippen molar-refractivity contribution in [3.63, 3.8) is 0 Å². The Kier molecular flexibility index (Phi) is 4.04. The molecule has 1 saturated carbocycles. The SMILES string of the molecule is O=C(CC1CCCCC1)c1c(F)cc(F)cc1F. The number of hydrogen-bond acceptors (Lipinski definition) is 1. The number of carbonyl (C=O) groups excluding carboxylic acids is 1. The van der Waals surface area contributed by atoms with Crippen LogP contribution in [0.3, 0.4) is 0 Å². The lowest BCUT2D eigenvalue weighted by Gasteiger charge is -2.20. The van der Waals surface area contributed by atoms with Crippen LogP contribution in [0.25, 0.3) is 0 Å². The standard InChI is InChI=1S/C14H15F3O/c15-10-7-11(16)14(12(17)8-10)13(18)6-9-4-2-1-3-5-9/h7-9H,1-6H2. The fourth-order valence-corrected chi connectivity index (χ4v) is 2.56. The molecule has 1 aliphatic carbocycles. The molecule has 98 valence electrons. The smallest absolute Gasteiger partial charge is 0.169 e. The van der Waals surface area contributed by atoms with Crippen molar-refractivity contribution in [2.75, 3.05) is 0 Å². The molecule has 0 N–H and O–H groups in total. The fourth-order valence-electron chi connectivity index (χ4n) is 2.56. The third kappa shape index (κ3) is 2.92. The molecular formula is C14H15F3O. The molecule has 18 heavy (non-hydrogen) atoms. The van der Waals surface area contributed by atoms with Gasteiger partial charge in [-0.15, -0.1) is 0 Å². The van der Waals surface area contributed by atoms with Gasteiger partial charge in [0.05, 0.1) is 5.56 Å². The molecule has 1 aromatic carbocycles. The molecule has 0 amide bonds. The molecule has 1 aliphatic rings. The Morgan fingerprint density at radius 3 is 2.17 bits per heavy atom. The zero-order valence-corrected chi connectivity index (χ0v) is 10.0. The third-order valence-corrected chi connectivity index (χ3v) is 3.48. The van der Waals surface area contributed by atoms with Gasteiger partial charge in [-0.1, -0.05) is 32.1 Å². The van der Waals surface area contributed by atoms with E-state index in [2.05, 4.69) is 0 Å². The summed E-state index contributed by atoms with van der Waals surface area (Å²) in [5.41, 5.74) is -0.595. The van der Waals surface area contributed by atoms with Crippen LogP contribution in [0.5, 0.6) is 0 Å². The molecule has 0 bridgehead atoms. The lowest BCUT2D eigenvalue weighted by Crippen LogP contribution is -2.14. The lowest BCUT2D eigenvalue weighted by atomic mass is 9.84. The highest BCUT2D eigenvalue weighted by atomic mass is 19.1. The second-order valence-corrected chi connectivity index (χ2v) is 4.88. The molecule has 1 nitrogen and oxygen atoms in total. The Labute approximate surface area is 104 Å². The molecule has 0 heterocycles. The van der Waals surface area contributed by atoms with Crippen LogP contribution < -0.4 is 0 Å². The second kappa shape index (κ2) is 5.55. The van der Waals surface area contributed by atoms with Gasteiger partial charge < -0.3 is 0 Å². The average molecular weight is 256 g/mol. The first-order chi connectivity index (χ1) is 8.58. The van der Waals surface area contributed by atoms with Crippen molar-refractivity contribution in [3.8, 4) is 0 Å². The third-order valence-electron chi connectivity index (χ3n) is 3.48. The zero-order valence-electron chi connectivity index (χ0n) is 10.0. The largest absolute Gasteiger partial charge is 0.294 e. The molecular weight excluding hydrogens is 241 g/mol. The van der Waals surface area contributed by atoms with Crippen molar-refractivity contribution in [2.24, 2.45) is 5.92 Å². The maximum absolute atomic E-state index is 13.4. The van der Waals surface area contributed by atoms with Crippen LogP contribution in [0.1, 0.15) is 48.9 Å². The number of Topliss-reactive ketones (excluding diaryl/α,β-unsaturated/α-hetero) is 1. The first kappa shape index (κ1) is 13.1. The molecule has 0 aromatic heterocycles. The summed E-state index contributed by atoms with van der Waals surface area (Å²) in [6.45, 7) is 0. The Bertz CT molecular complexity index is 427. The number of rotatable bonds is 3. The Morgan fingerprint density at radius 1 is 1.06 bits per heavy atom. The van der Waals surface area contributed by atoms with E-state index in [0.29, 0.717) is 12.1 Å². The zero-order chi connectivity index (χ0) is 13.1. The van der Waals surface area contributed by atoms with E-state index in [0.717, 1.165) is 32.1 Å². The van der Waals surface area contributed by atoms with Crippen molar-refractivity contribution in [1.29, 1.82) is 0 Å². The number of hydrogen-bond donors (Lipinski definition) is 0. The summed E-state index contributed by atoms with van der Waals surface area (Å²) in [4.78, 5) is 11.9. The van der Waals surface area contributed by atoms with Gasteiger partial charge in [-0.05, 0) is 5.92 Å². The van der Waals surface area contributed by atoms with Crippen LogP contribution in [-0.4, -0.2) is 5.78 Å². The molecule has 0 atom stereocenters. The topological polar surface area (TPSA) is 17.1 Å². The molecule has 2 rings (SSSR count). The normalized spacial score (nSPS) is 16.8. The van der Waals surface area contributed by atoms with Crippen LogP contribution in [0.15, 0.2) is 12.1 Å². The Morgan fingerprint density at radius 2 is 1.61 bits per heavy atom. The van der Waals surface area contributed by atoms with E-state index in [9.17, 15) is 18.0 Å². The molecule has 4 heteroatoms. The first-order valence-electron chi connectivity index (χ1n) is 6.25. The minimum atomic E-state index is -1.10. The van der Waals surface area contributed by atoms with Gasteiger partial charge in [-0.3, -0.25) is 4.79 Å². The van der Waals surface area contributed by atoms with Crippen molar-refractivity contribution < 1.29 is 18.0 Å². The number of benzene rings is 1. The molecule has 1 aromatic rings. The van der Waals surface area contributed by atoms with Gasteiger partial charge in [0.2, 0.25) is 0 Å². The van der Waals surface area contributed by atoms with Gasteiger partial charge >= 0.3 is 0 Å². The predicted molar refractivity (Wildman–Crippen MR) is 61.8 cm³/mol. The summed E-state index contributed by atoms with van der Waals surface area (Å²) >= 11 is 0. The van der Waals surface area contributed by atoms with Crippen LogP contribution in [0, 0.1) is 23.4 Å². The molecule has 0 aliphatic heterocycles. The van der Waals surface area contributed by atoms with Gasteiger partial charge in [-0.25, -0.2) is 13.2 Å². The molecule has 0 radical (unpaired) electrons. The van der Waals surface area contributed by atoms with E-state index in [1.54, 1.807) is 0 Å². The number of halogens is 3. The van der Waals surface area contributed by atoms with Gasteiger partial charge in [0, 0.05) is 18.6 Å². The summed E-state index contributed by atoms with van der Waals surface area (Å²) in [5.74, 6) is -3.56. The predicted octanol–water partition coefficient (Wildman–Crippen LogP) is 4.26. The monoisotopic (exact) mass is 256 g/mol. The van der Waals surface area contributed by atoms with Crippen LogP contribution in [-0.2, 0) is 0 Å². The van der Waals surface area contributed by atoms with Crippen molar-refractivity contribution in [3.05, 3.63) is 35.1 Å².